The fourth-order valence-corrected chi connectivity index (χ4v) is 7.13. The third-order valence-electron chi connectivity index (χ3n) is 9.63. The van der Waals surface area contributed by atoms with E-state index in [9.17, 15) is 1.37 Å². The minimum absolute atomic E-state index is 0.0110. The van der Waals surface area contributed by atoms with Gasteiger partial charge in [0.1, 0.15) is 11.2 Å². The summed E-state index contributed by atoms with van der Waals surface area (Å²) in [5.74, 6) is 0. The number of furan rings is 1. The zero-order valence-corrected chi connectivity index (χ0v) is 26.9. The van der Waals surface area contributed by atoms with Gasteiger partial charge in [0.05, 0.1) is 5.48 Å². The van der Waals surface area contributed by atoms with Crippen molar-refractivity contribution in [1.29, 1.82) is 0 Å². The third kappa shape index (κ3) is 4.81. The van der Waals surface area contributed by atoms with Gasteiger partial charge >= 0.3 is 0 Å². The highest BCUT2D eigenvalue weighted by molar-refractivity contribution is 6.19. The Balaban J connectivity index is 1.14. The molecule has 9 aromatic carbocycles. The number of benzene rings is 9. The first-order valence-electron chi connectivity index (χ1n) is 18.8. The van der Waals surface area contributed by atoms with Crippen molar-refractivity contribution in [3.8, 4) is 22.3 Å². The lowest BCUT2D eigenvalue weighted by atomic mass is 9.96. The van der Waals surface area contributed by atoms with E-state index in [1.807, 2.05) is 24.3 Å². The molecule has 0 aliphatic carbocycles. The first-order valence-corrected chi connectivity index (χ1v) is 16.8. The Labute approximate surface area is 295 Å². The lowest BCUT2D eigenvalue weighted by Crippen LogP contribution is -2.09. The van der Waals surface area contributed by atoms with E-state index in [-0.39, 0.29) is 29.8 Å². The lowest BCUT2D eigenvalue weighted by molar-refractivity contribution is 0.669. The molecule has 0 aliphatic rings. The Morgan fingerprint density at radius 3 is 1.84 bits per heavy atom. The van der Waals surface area contributed by atoms with Crippen molar-refractivity contribution in [2.75, 3.05) is 4.90 Å². The van der Waals surface area contributed by atoms with E-state index in [1.54, 1.807) is 18.2 Å². The van der Waals surface area contributed by atoms with Crippen LogP contribution in [-0.4, -0.2) is 0 Å². The van der Waals surface area contributed by atoms with Gasteiger partial charge in [0.15, 0.2) is 0 Å². The van der Waals surface area contributed by atoms with Crippen LogP contribution in [-0.2, 0) is 0 Å². The van der Waals surface area contributed by atoms with Crippen molar-refractivity contribution in [2.45, 2.75) is 0 Å². The largest absolute Gasteiger partial charge is 0.456 e. The standard InChI is InChI=1S/C48H31NO/c1-2-8-32(9-3-1)34-18-23-41(24-19-34)49(42-25-20-33-10-4-5-11-37(33)29-42)43-26-21-35-14-16-38(28-40(35)30-43)39-17-15-36-22-27-47-48(45(36)31-39)44-12-6-7-13-46(44)50-47/h1-31H/i12D,22D,27D,31D. The molecule has 10 aromatic rings. The molecule has 2 heteroatoms. The summed E-state index contributed by atoms with van der Waals surface area (Å²) in [7, 11) is 0. The molecule has 0 N–H and O–H groups in total. The van der Waals surface area contributed by atoms with Gasteiger partial charge in [-0.15, -0.1) is 0 Å². The van der Waals surface area contributed by atoms with E-state index in [0.717, 1.165) is 44.3 Å². The van der Waals surface area contributed by atoms with E-state index >= 15 is 0 Å². The second kappa shape index (κ2) is 11.5. The van der Waals surface area contributed by atoms with Gasteiger partial charge in [0.25, 0.3) is 0 Å². The molecule has 0 aliphatic heterocycles. The molecule has 0 unspecified atom stereocenters. The molecule has 234 valence electrons. The summed E-state index contributed by atoms with van der Waals surface area (Å²) >= 11 is 0. The number of hydrogen-bond donors (Lipinski definition) is 0. The van der Waals surface area contributed by atoms with Gasteiger partial charge in [-0.1, -0.05) is 127 Å². The van der Waals surface area contributed by atoms with Crippen LogP contribution < -0.4 is 4.90 Å². The molecule has 0 atom stereocenters. The van der Waals surface area contributed by atoms with Crippen molar-refractivity contribution in [3.63, 3.8) is 0 Å². The number of fused-ring (bicyclic) bond motifs is 7. The van der Waals surface area contributed by atoms with E-state index in [2.05, 4.69) is 126 Å². The second-order valence-electron chi connectivity index (χ2n) is 12.7. The zero-order valence-electron chi connectivity index (χ0n) is 30.9. The maximum Gasteiger partial charge on any atom is 0.136 e. The SMILES string of the molecule is [2H]c1c([2H])c2oc3cccc([2H])c3c2c2c([2H])c(-c3ccc4ccc(N(c5ccc(-c6ccccc6)cc5)c5ccc6ccccc6c5)cc4c3)ccc12. The quantitative estimate of drug-likeness (QED) is 0.186. The molecule has 2 nitrogen and oxygen atoms in total. The monoisotopic (exact) mass is 641 g/mol. The van der Waals surface area contributed by atoms with Gasteiger partial charge in [-0.2, -0.15) is 0 Å². The summed E-state index contributed by atoms with van der Waals surface area (Å²) in [6.07, 6.45) is 0. The van der Waals surface area contributed by atoms with Gasteiger partial charge < -0.3 is 9.32 Å². The fourth-order valence-electron chi connectivity index (χ4n) is 7.13. The van der Waals surface area contributed by atoms with Crippen LogP contribution >= 0.6 is 0 Å². The van der Waals surface area contributed by atoms with Crippen molar-refractivity contribution in [1.82, 2.24) is 0 Å². The maximum atomic E-state index is 9.54. The molecule has 0 fully saturated rings. The molecule has 50 heavy (non-hydrogen) atoms. The summed E-state index contributed by atoms with van der Waals surface area (Å²) in [5.41, 5.74) is 7.69. The van der Waals surface area contributed by atoms with Crippen LogP contribution in [0.1, 0.15) is 5.48 Å². The topological polar surface area (TPSA) is 16.4 Å². The van der Waals surface area contributed by atoms with E-state index < -0.39 is 0 Å². The zero-order chi connectivity index (χ0) is 36.5. The maximum absolute atomic E-state index is 9.54. The average molecular weight is 642 g/mol. The van der Waals surface area contributed by atoms with Gasteiger partial charge in [0, 0.05) is 27.8 Å². The highest BCUT2D eigenvalue weighted by Gasteiger charge is 2.15. The van der Waals surface area contributed by atoms with Crippen molar-refractivity contribution in [3.05, 3.63) is 188 Å². The Morgan fingerprint density at radius 1 is 0.380 bits per heavy atom. The van der Waals surface area contributed by atoms with Crippen molar-refractivity contribution >= 4 is 71.3 Å². The summed E-state index contributed by atoms with van der Waals surface area (Å²) < 4.78 is 41.8. The second-order valence-corrected chi connectivity index (χ2v) is 12.7. The number of anilines is 3. The van der Waals surface area contributed by atoms with Crippen LogP contribution in [0.2, 0.25) is 0 Å². The molecule has 0 amide bonds. The minimum atomic E-state index is -0.0378. The average Bonchev–Trinajstić information content (AvgIpc) is 3.61. The fraction of sp³-hybridized carbons (Fsp3) is 0. The first-order chi connectivity index (χ1) is 26.4. The van der Waals surface area contributed by atoms with Gasteiger partial charge in [-0.05, 0) is 115 Å². The molecular weight excluding hydrogens is 607 g/mol. The molecule has 1 aromatic heterocycles. The predicted molar refractivity (Wildman–Crippen MR) is 212 cm³/mol. The Morgan fingerprint density at radius 2 is 1.00 bits per heavy atom. The van der Waals surface area contributed by atoms with Crippen LogP contribution in [0.5, 0.6) is 0 Å². The first kappa shape index (κ1) is 24.5. The molecule has 0 saturated carbocycles. The highest BCUT2D eigenvalue weighted by Crippen LogP contribution is 2.40. The molecular formula is C48H31NO. The molecule has 0 bridgehead atoms. The lowest BCUT2D eigenvalue weighted by Gasteiger charge is -2.26. The van der Waals surface area contributed by atoms with Crippen LogP contribution in [0.4, 0.5) is 17.1 Å². The minimum Gasteiger partial charge on any atom is -0.456 e. The van der Waals surface area contributed by atoms with Crippen molar-refractivity contribution in [2.24, 2.45) is 0 Å². The number of nitrogens with zero attached hydrogens (tertiary/aromatic N) is 1. The predicted octanol–water partition coefficient (Wildman–Crippen LogP) is 13.8. The third-order valence-corrected chi connectivity index (χ3v) is 9.63. The Hall–Kier alpha value is -6.64. The molecule has 0 saturated heterocycles. The van der Waals surface area contributed by atoms with Crippen LogP contribution in [0, 0.1) is 0 Å². The summed E-state index contributed by atoms with van der Waals surface area (Å²) in [5, 5.41) is 6.57. The van der Waals surface area contributed by atoms with Gasteiger partial charge in [-0.3, -0.25) is 0 Å². The number of hydrogen-bond acceptors (Lipinski definition) is 2. The van der Waals surface area contributed by atoms with Crippen LogP contribution in [0.3, 0.4) is 0 Å². The van der Waals surface area contributed by atoms with Gasteiger partial charge in [0.2, 0.25) is 0 Å². The van der Waals surface area contributed by atoms with E-state index in [0.29, 0.717) is 32.7 Å². The summed E-state index contributed by atoms with van der Waals surface area (Å²) in [6, 6.07) is 56.2. The van der Waals surface area contributed by atoms with Crippen molar-refractivity contribution < 1.29 is 9.90 Å². The molecule has 10 rings (SSSR count). The van der Waals surface area contributed by atoms with Crippen LogP contribution in [0.15, 0.2) is 192 Å². The summed E-state index contributed by atoms with van der Waals surface area (Å²) in [4.78, 5) is 2.28. The Kier molecular flexibility index (Phi) is 5.64. The smallest absolute Gasteiger partial charge is 0.136 e. The van der Waals surface area contributed by atoms with E-state index in [1.165, 1.54) is 10.9 Å². The Bertz CT molecular complexity index is 3100. The molecule has 1 heterocycles. The van der Waals surface area contributed by atoms with Crippen LogP contribution in [0.25, 0.3) is 76.5 Å². The number of para-hydroxylation sites is 1. The molecule has 0 spiro atoms. The molecule has 0 radical (unpaired) electrons. The normalized spacial score (nSPS) is 12.7. The summed E-state index contributed by atoms with van der Waals surface area (Å²) in [6.45, 7) is 0. The highest BCUT2D eigenvalue weighted by atomic mass is 16.3. The number of rotatable bonds is 5. The van der Waals surface area contributed by atoms with Gasteiger partial charge in [-0.25, -0.2) is 0 Å². The van der Waals surface area contributed by atoms with E-state index in [4.69, 9.17) is 8.53 Å².